The Labute approximate surface area is 228 Å². The van der Waals surface area contributed by atoms with Crippen LogP contribution in [0.4, 0.5) is 5.69 Å². The maximum absolute atomic E-state index is 13.5. The van der Waals surface area contributed by atoms with E-state index in [0.717, 1.165) is 49.4 Å². The van der Waals surface area contributed by atoms with E-state index < -0.39 is 16.4 Å². The molecule has 0 aliphatic carbocycles. The predicted molar refractivity (Wildman–Crippen MR) is 150 cm³/mol. The number of nitrogens with one attached hydrogen (secondary N) is 2. The monoisotopic (exact) mass is 551 g/mol. The highest BCUT2D eigenvalue weighted by molar-refractivity contribution is 7.85. The molecule has 11 nitrogen and oxygen atoms in total. The zero-order valence-corrected chi connectivity index (χ0v) is 23.2. The van der Waals surface area contributed by atoms with Gasteiger partial charge in [-0.2, -0.15) is 4.98 Å². The molecule has 1 atom stereocenters. The van der Waals surface area contributed by atoms with Gasteiger partial charge in [0.2, 0.25) is 5.91 Å². The molecule has 2 aromatic heterocycles. The van der Waals surface area contributed by atoms with Crippen LogP contribution in [0.25, 0.3) is 16.6 Å². The highest BCUT2D eigenvalue weighted by atomic mass is 32.2. The first-order valence-corrected chi connectivity index (χ1v) is 14.1. The van der Waals surface area contributed by atoms with Gasteiger partial charge in [-0.25, -0.2) is 13.9 Å². The SMILES string of the molecule is COCCNC(=O)CN1CCCN(c2ccc3c(=O)nc4c(S(=O)c5ccc(C)cc5C)n[nH]n4c3c2)CC1. The molecule has 1 saturated heterocycles. The van der Waals surface area contributed by atoms with Gasteiger partial charge < -0.3 is 15.0 Å². The number of anilines is 1. The molecule has 1 unspecified atom stereocenters. The number of nitrogens with zero attached hydrogens (tertiary/aromatic N) is 5. The number of benzene rings is 2. The van der Waals surface area contributed by atoms with Crippen molar-refractivity contribution in [2.45, 2.75) is 30.2 Å². The molecule has 39 heavy (non-hydrogen) atoms. The van der Waals surface area contributed by atoms with Gasteiger partial charge in [0.15, 0.2) is 10.7 Å². The molecular weight excluding hydrogens is 518 g/mol. The fourth-order valence-electron chi connectivity index (χ4n) is 4.97. The Morgan fingerprint density at radius 2 is 1.97 bits per heavy atom. The number of carbonyl (C=O) groups is 1. The van der Waals surface area contributed by atoms with Crippen molar-refractivity contribution < 1.29 is 13.7 Å². The van der Waals surface area contributed by atoms with Crippen LogP contribution in [0.5, 0.6) is 0 Å². The van der Waals surface area contributed by atoms with Crippen LogP contribution >= 0.6 is 0 Å². The van der Waals surface area contributed by atoms with Gasteiger partial charge in [-0.1, -0.05) is 17.7 Å². The minimum Gasteiger partial charge on any atom is -0.383 e. The van der Waals surface area contributed by atoms with Crippen LogP contribution in [0, 0.1) is 13.8 Å². The Hall–Kier alpha value is -3.61. The Bertz CT molecular complexity index is 1600. The van der Waals surface area contributed by atoms with Crippen LogP contribution < -0.4 is 15.8 Å². The standard InChI is InChI=1S/C27H33N7O4S/c1-18-5-8-23(19(2)15-18)39(37)27-25-29-26(36)21-7-6-20(16-22(21)34(25)31-30-27)33-11-4-10-32(12-13-33)17-24(35)28-9-14-38-3/h5-8,15-16,31H,4,9-14,17H2,1-3H3,(H,28,35). The average molecular weight is 552 g/mol. The summed E-state index contributed by atoms with van der Waals surface area (Å²) >= 11 is 0. The molecule has 1 fully saturated rings. The van der Waals surface area contributed by atoms with E-state index in [0.29, 0.717) is 35.5 Å². The van der Waals surface area contributed by atoms with Crippen LogP contribution in [-0.4, -0.2) is 87.8 Å². The Morgan fingerprint density at radius 3 is 2.77 bits per heavy atom. The van der Waals surface area contributed by atoms with E-state index in [1.165, 1.54) is 0 Å². The third kappa shape index (κ3) is 5.72. The van der Waals surface area contributed by atoms with Gasteiger partial charge in [-0.15, -0.1) is 5.10 Å². The molecule has 1 aliphatic rings. The smallest absolute Gasteiger partial charge is 0.281 e. The van der Waals surface area contributed by atoms with Crippen molar-refractivity contribution in [3.05, 3.63) is 57.9 Å². The number of rotatable bonds is 8. The van der Waals surface area contributed by atoms with E-state index in [-0.39, 0.29) is 16.6 Å². The van der Waals surface area contributed by atoms with Crippen molar-refractivity contribution in [3.8, 4) is 0 Å². The number of ether oxygens (including phenoxy) is 1. The Morgan fingerprint density at radius 1 is 1.13 bits per heavy atom. The molecular formula is C27H33N7O4S. The quantitative estimate of drug-likeness (QED) is 0.317. The predicted octanol–water partition coefficient (Wildman–Crippen LogP) is 1.63. The highest BCUT2D eigenvalue weighted by Gasteiger charge is 2.22. The summed E-state index contributed by atoms with van der Waals surface area (Å²) in [5.74, 6) is -0.00580. The van der Waals surface area contributed by atoms with E-state index in [2.05, 4.69) is 30.4 Å². The van der Waals surface area contributed by atoms with Gasteiger partial charge in [0.1, 0.15) is 10.8 Å². The normalized spacial score (nSPS) is 15.5. The van der Waals surface area contributed by atoms with Gasteiger partial charge in [0.25, 0.3) is 5.56 Å². The maximum atomic E-state index is 13.5. The molecule has 0 saturated carbocycles. The number of methoxy groups -OCH3 is 1. The van der Waals surface area contributed by atoms with E-state index in [9.17, 15) is 13.8 Å². The van der Waals surface area contributed by atoms with Crippen LogP contribution in [-0.2, 0) is 20.3 Å². The number of hydrogen-bond donors (Lipinski definition) is 2. The zero-order chi connectivity index (χ0) is 27.5. The number of aromatic nitrogens is 4. The van der Waals surface area contributed by atoms with E-state index in [1.54, 1.807) is 17.7 Å². The third-order valence-corrected chi connectivity index (χ3v) is 8.45. The molecule has 1 amide bonds. The van der Waals surface area contributed by atoms with Crippen molar-refractivity contribution in [2.75, 3.05) is 57.9 Å². The van der Waals surface area contributed by atoms with Gasteiger partial charge in [0.05, 0.1) is 24.1 Å². The molecule has 2 N–H and O–H groups in total. The Kier molecular flexibility index (Phi) is 8.05. The highest BCUT2D eigenvalue weighted by Crippen LogP contribution is 2.25. The first-order chi connectivity index (χ1) is 18.9. The number of aromatic amines is 1. The summed E-state index contributed by atoms with van der Waals surface area (Å²) in [7, 11) is 0.00428. The van der Waals surface area contributed by atoms with Gasteiger partial charge in [-0.05, 0) is 50.1 Å². The number of carbonyl (C=O) groups excluding carboxylic acids is 1. The molecule has 4 aromatic rings. The van der Waals surface area contributed by atoms with Crippen LogP contribution in [0.1, 0.15) is 17.5 Å². The van der Waals surface area contributed by atoms with Crippen molar-refractivity contribution in [1.29, 1.82) is 0 Å². The number of fused-ring (bicyclic) bond motifs is 3. The molecule has 0 bridgehead atoms. The van der Waals surface area contributed by atoms with E-state index in [1.807, 2.05) is 44.2 Å². The summed E-state index contributed by atoms with van der Waals surface area (Å²) in [6.07, 6.45) is 0.901. The largest absolute Gasteiger partial charge is 0.383 e. The summed E-state index contributed by atoms with van der Waals surface area (Å²) in [6, 6.07) is 11.4. The van der Waals surface area contributed by atoms with Crippen LogP contribution in [0.3, 0.4) is 0 Å². The van der Waals surface area contributed by atoms with Gasteiger partial charge in [-0.3, -0.25) is 14.5 Å². The first kappa shape index (κ1) is 27.0. The minimum absolute atomic E-state index is 0.00580. The first-order valence-electron chi connectivity index (χ1n) is 13.0. The fourth-order valence-corrected chi connectivity index (χ4v) is 6.15. The summed E-state index contributed by atoms with van der Waals surface area (Å²) in [5.41, 5.74) is 3.41. The number of amides is 1. The van der Waals surface area contributed by atoms with Gasteiger partial charge in [0, 0.05) is 50.4 Å². The second kappa shape index (κ2) is 11.6. The molecule has 0 spiro atoms. The zero-order valence-electron chi connectivity index (χ0n) is 22.4. The third-order valence-electron chi connectivity index (χ3n) is 6.97. The number of H-pyrrole nitrogens is 1. The average Bonchev–Trinajstić information content (AvgIpc) is 3.20. The van der Waals surface area contributed by atoms with Crippen LogP contribution in [0.2, 0.25) is 0 Å². The maximum Gasteiger partial charge on any atom is 0.281 e. The Balaban J connectivity index is 1.40. The minimum atomic E-state index is -1.61. The lowest BCUT2D eigenvalue weighted by atomic mass is 10.2. The lowest BCUT2D eigenvalue weighted by molar-refractivity contribution is -0.122. The van der Waals surface area contributed by atoms with Gasteiger partial charge >= 0.3 is 0 Å². The molecule has 1 aliphatic heterocycles. The van der Waals surface area contributed by atoms with E-state index >= 15 is 0 Å². The van der Waals surface area contributed by atoms with Crippen molar-refractivity contribution in [2.24, 2.45) is 0 Å². The number of hydrogen-bond acceptors (Lipinski definition) is 8. The second-order valence-electron chi connectivity index (χ2n) is 9.79. The molecule has 3 heterocycles. The molecule has 2 aromatic carbocycles. The summed E-state index contributed by atoms with van der Waals surface area (Å²) in [5, 5.41) is 10.8. The molecule has 0 radical (unpaired) electrons. The van der Waals surface area contributed by atoms with Crippen molar-refractivity contribution >= 4 is 38.9 Å². The molecule has 12 heteroatoms. The lowest BCUT2D eigenvalue weighted by Crippen LogP contribution is -2.40. The summed E-state index contributed by atoms with van der Waals surface area (Å²) in [6.45, 7) is 8.37. The van der Waals surface area contributed by atoms with Crippen molar-refractivity contribution in [1.82, 2.24) is 30.0 Å². The molecule has 5 rings (SSSR count). The van der Waals surface area contributed by atoms with Crippen molar-refractivity contribution in [3.63, 3.8) is 0 Å². The number of aryl methyl sites for hydroxylation is 2. The van der Waals surface area contributed by atoms with Crippen LogP contribution in [0.15, 0.2) is 51.1 Å². The summed E-state index contributed by atoms with van der Waals surface area (Å²) < 4.78 is 20.1. The second-order valence-corrected chi connectivity index (χ2v) is 11.2. The topological polar surface area (TPSA) is 125 Å². The molecule has 206 valence electrons. The summed E-state index contributed by atoms with van der Waals surface area (Å²) in [4.78, 5) is 34.5. The van der Waals surface area contributed by atoms with E-state index in [4.69, 9.17) is 4.74 Å². The fraction of sp³-hybridized carbons (Fsp3) is 0.407. The lowest BCUT2D eigenvalue weighted by Gasteiger charge is -2.24.